The minimum atomic E-state index is 1.01. The molecule has 0 N–H and O–H groups in total. The van der Waals surface area contributed by atoms with Crippen LogP contribution in [0.1, 0.15) is 5.56 Å². The van der Waals surface area contributed by atoms with E-state index in [2.05, 4.69) is 189 Å². The second kappa shape index (κ2) is 10.9. The highest BCUT2D eigenvalue weighted by molar-refractivity contribution is 5.84. The van der Waals surface area contributed by atoms with E-state index in [9.17, 15) is 0 Å². The maximum atomic E-state index is 2.43. The predicted molar refractivity (Wildman–Crippen MR) is 192 cm³/mol. The summed E-state index contributed by atoms with van der Waals surface area (Å²) in [4.78, 5) is 4.77. The number of hydrogen-bond acceptors (Lipinski definition) is 2. The molecule has 0 radical (unpaired) electrons. The number of nitrogens with zero attached hydrogens (tertiary/aromatic N) is 4. The minimum Gasteiger partial charge on any atom is -0.341 e. The van der Waals surface area contributed by atoms with Crippen molar-refractivity contribution in [2.24, 2.45) is 0 Å². The molecule has 0 amide bonds. The average molecular weight is 593 g/mol. The topological polar surface area (TPSA) is 16.3 Å². The molecular formula is C42H32N4. The van der Waals surface area contributed by atoms with Gasteiger partial charge in [0.05, 0.1) is 11.0 Å². The molecule has 0 aliphatic carbocycles. The van der Waals surface area contributed by atoms with Crippen LogP contribution in [0.25, 0.3) is 33.2 Å². The van der Waals surface area contributed by atoms with Gasteiger partial charge in [0.1, 0.15) is 0 Å². The fraction of sp³-hybridized carbons (Fsp3) is 0.0476. The predicted octanol–water partition coefficient (Wildman–Crippen LogP) is 10.7. The fourth-order valence-electron chi connectivity index (χ4n) is 6.98. The van der Waals surface area contributed by atoms with Gasteiger partial charge in [-0.05, 0) is 126 Å². The quantitative estimate of drug-likeness (QED) is 0.191. The van der Waals surface area contributed by atoms with E-state index in [0.717, 1.165) is 41.4 Å². The Balaban J connectivity index is 1.10. The lowest BCUT2D eigenvalue weighted by atomic mass is 10.1. The van der Waals surface area contributed by atoms with Gasteiger partial charge < -0.3 is 18.9 Å². The lowest BCUT2D eigenvalue weighted by Gasteiger charge is -2.27. The Bertz CT molecular complexity index is 2190. The molecule has 0 spiro atoms. The van der Waals surface area contributed by atoms with Gasteiger partial charge in [-0.3, -0.25) is 0 Å². The second-order valence-corrected chi connectivity index (χ2v) is 11.9. The minimum absolute atomic E-state index is 1.01. The van der Waals surface area contributed by atoms with E-state index in [1.807, 2.05) is 0 Å². The van der Waals surface area contributed by atoms with Crippen molar-refractivity contribution in [3.05, 3.63) is 176 Å². The van der Waals surface area contributed by atoms with Crippen LogP contribution in [0.15, 0.2) is 170 Å². The van der Waals surface area contributed by atoms with Crippen molar-refractivity contribution in [1.82, 2.24) is 9.13 Å². The van der Waals surface area contributed by atoms with Gasteiger partial charge in [-0.15, -0.1) is 0 Å². The zero-order chi connectivity index (χ0) is 30.5. The summed E-state index contributed by atoms with van der Waals surface area (Å²) in [5, 5.41) is 2.48. The van der Waals surface area contributed by atoms with E-state index in [0.29, 0.717) is 0 Å². The smallest absolute Gasteiger partial charge is 0.0528 e. The molecule has 220 valence electrons. The molecule has 1 aliphatic rings. The normalized spacial score (nSPS) is 12.6. The molecule has 0 fully saturated rings. The summed E-state index contributed by atoms with van der Waals surface area (Å²) in [6.07, 6.45) is 5.38. The van der Waals surface area contributed by atoms with Crippen LogP contribution in [0, 0.1) is 0 Å². The van der Waals surface area contributed by atoms with Gasteiger partial charge in [-0.1, -0.05) is 54.6 Å². The number of aromatic nitrogens is 2. The van der Waals surface area contributed by atoms with E-state index in [1.165, 1.54) is 38.7 Å². The Kier molecular flexibility index (Phi) is 6.24. The Labute approximate surface area is 268 Å². The Morgan fingerprint density at radius 1 is 0.413 bits per heavy atom. The number of benzene rings is 6. The average Bonchev–Trinajstić information content (AvgIpc) is 3.87. The second-order valence-electron chi connectivity index (χ2n) is 11.9. The van der Waals surface area contributed by atoms with Gasteiger partial charge in [0.2, 0.25) is 0 Å². The Morgan fingerprint density at radius 2 is 0.870 bits per heavy atom. The summed E-state index contributed by atoms with van der Waals surface area (Å²) >= 11 is 0. The molecule has 3 heterocycles. The van der Waals surface area contributed by atoms with Crippen LogP contribution in [0.2, 0.25) is 0 Å². The highest BCUT2D eigenvalue weighted by Gasteiger charge is 2.20. The Hall–Kier alpha value is -6.00. The third kappa shape index (κ3) is 4.46. The largest absolute Gasteiger partial charge is 0.341 e. The molecule has 2 aromatic heterocycles. The van der Waals surface area contributed by atoms with Crippen molar-refractivity contribution in [1.29, 1.82) is 0 Å². The van der Waals surface area contributed by atoms with Gasteiger partial charge in [-0.25, -0.2) is 0 Å². The molecule has 0 atom stereocenters. The van der Waals surface area contributed by atoms with Crippen LogP contribution < -0.4 is 9.80 Å². The number of fused-ring (bicyclic) bond motifs is 3. The maximum absolute atomic E-state index is 2.43. The van der Waals surface area contributed by atoms with Gasteiger partial charge in [0, 0.05) is 58.8 Å². The molecule has 4 heteroatoms. The molecule has 0 unspecified atom stereocenters. The molecule has 46 heavy (non-hydrogen) atoms. The maximum Gasteiger partial charge on any atom is 0.0528 e. The van der Waals surface area contributed by atoms with Crippen LogP contribution in [0.3, 0.4) is 0 Å². The summed E-state index contributed by atoms with van der Waals surface area (Å²) in [6.45, 7) is 1.01. The van der Waals surface area contributed by atoms with Crippen LogP contribution in [0.4, 0.5) is 28.4 Å². The zero-order valence-corrected chi connectivity index (χ0v) is 25.4. The van der Waals surface area contributed by atoms with Crippen molar-refractivity contribution in [2.45, 2.75) is 6.42 Å². The summed E-state index contributed by atoms with van der Waals surface area (Å²) < 4.78 is 4.50. The molecule has 6 aromatic carbocycles. The monoisotopic (exact) mass is 592 g/mol. The summed E-state index contributed by atoms with van der Waals surface area (Å²) in [7, 11) is 0. The summed E-state index contributed by atoms with van der Waals surface area (Å²) in [5.74, 6) is 0. The van der Waals surface area contributed by atoms with E-state index in [-0.39, 0.29) is 0 Å². The van der Waals surface area contributed by atoms with Crippen molar-refractivity contribution >= 4 is 50.2 Å². The zero-order valence-electron chi connectivity index (χ0n) is 25.4. The summed E-state index contributed by atoms with van der Waals surface area (Å²) in [5.41, 5.74) is 12.0. The van der Waals surface area contributed by atoms with E-state index < -0.39 is 0 Å². The lowest BCUT2D eigenvalue weighted by molar-refractivity contribution is 0.998. The highest BCUT2D eigenvalue weighted by atomic mass is 15.2. The first-order valence-corrected chi connectivity index (χ1v) is 15.9. The first-order chi connectivity index (χ1) is 22.8. The molecule has 1 aliphatic heterocycles. The number of anilines is 5. The van der Waals surface area contributed by atoms with Crippen LogP contribution in [-0.2, 0) is 6.42 Å². The van der Waals surface area contributed by atoms with Crippen LogP contribution in [-0.4, -0.2) is 15.7 Å². The molecule has 8 aromatic rings. The Morgan fingerprint density at radius 3 is 1.41 bits per heavy atom. The molecule has 9 rings (SSSR count). The number of para-hydroxylation sites is 3. The van der Waals surface area contributed by atoms with Crippen LogP contribution in [0.5, 0.6) is 0 Å². The lowest BCUT2D eigenvalue weighted by Crippen LogP contribution is -2.14. The SMILES string of the molecule is c1ccc2c(c1)CCN2c1ccc(N(c2ccc(-n3ccc4ccccc43)cc2)c2ccc(-n3ccc4ccccc43)cc2)cc1. The van der Waals surface area contributed by atoms with Gasteiger partial charge >= 0.3 is 0 Å². The molecule has 4 nitrogen and oxygen atoms in total. The molecule has 0 saturated heterocycles. The van der Waals surface area contributed by atoms with Crippen LogP contribution >= 0.6 is 0 Å². The highest BCUT2D eigenvalue weighted by Crippen LogP contribution is 2.39. The fourth-order valence-corrected chi connectivity index (χ4v) is 6.98. The van der Waals surface area contributed by atoms with E-state index in [1.54, 1.807) is 0 Å². The summed E-state index contributed by atoms with van der Waals surface area (Å²) in [6, 6.07) is 56.9. The number of rotatable bonds is 6. The van der Waals surface area contributed by atoms with Gasteiger partial charge in [0.15, 0.2) is 0 Å². The third-order valence-corrected chi connectivity index (χ3v) is 9.28. The van der Waals surface area contributed by atoms with Gasteiger partial charge in [0.25, 0.3) is 0 Å². The van der Waals surface area contributed by atoms with Crippen molar-refractivity contribution in [2.75, 3.05) is 16.3 Å². The first kappa shape index (κ1) is 26.4. The van der Waals surface area contributed by atoms with E-state index >= 15 is 0 Å². The van der Waals surface area contributed by atoms with Crippen molar-refractivity contribution in [3.8, 4) is 11.4 Å². The standard InChI is InChI=1S/C42H32N4/c1-4-10-40-31(7-1)25-28-43(40)34-13-19-37(20-14-34)46(38-21-15-35(16-22-38)44-29-26-32-8-2-5-11-41(32)44)39-23-17-36(18-24-39)45-30-27-33-9-3-6-12-42(33)45/h1-26,28-29H,27,30H2. The third-order valence-electron chi connectivity index (χ3n) is 9.28. The van der Waals surface area contributed by atoms with Crippen molar-refractivity contribution < 1.29 is 0 Å². The molecule has 0 saturated carbocycles. The van der Waals surface area contributed by atoms with E-state index in [4.69, 9.17) is 0 Å². The molecule has 0 bridgehead atoms. The van der Waals surface area contributed by atoms with Crippen molar-refractivity contribution in [3.63, 3.8) is 0 Å². The number of hydrogen-bond donors (Lipinski definition) is 0. The first-order valence-electron chi connectivity index (χ1n) is 15.9. The van der Waals surface area contributed by atoms with Gasteiger partial charge in [-0.2, -0.15) is 0 Å². The molecular weight excluding hydrogens is 560 g/mol.